The number of hydrogen-bond donors (Lipinski definition) is 1. The highest BCUT2D eigenvalue weighted by Crippen LogP contribution is 2.42. The Bertz CT molecular complexity index is 1120. The first-order valence-corrected chi connectivity index (χ1v) is 12.8. The number of amides is 1. The average molecular weight is 456 g/mol. The molecule has 0 spiro atoms. The summed E-state index contributed by atoms with van der Waals surface area (Å²) >= 11 is 4.63. The second kappa shape index (κ2) is 8.17. The summed E-state index contributed by atoms with van der Waals surface area (Å²) in [4.78, 5) is 15.0. The molecular weight excluding hydrogens is 434 g/mol. The maximum absolute atomic E-state index is 12.7. The molecular formula is C21H21N5OS3. The summed E-state index contributed by atoms with van der Waals surface area (Å²) in [5, 5.41) is 24.9. The third kappa shape index (κ3) is 3.80. The lowest BCUT2D eigenvalue weighted by molar-refractivity contribution is -0.113. The lowest BCUT2D eigenvalue weighted by Gasteiger charge is -2.17. The van der Waals surface area contributed by atoms with Crippen molar-refractivity contribution in [3.05, 3.63) is 33.5 Å². The molecule has 9 heteroatoms. The average Bonchev–Trinajstić information content (AvgIpc) is 3.15. The lowest BCUT2D eigenvalue weighted by atomic mass is 9.89. The van der Waals surface area contributed by atoms with E-state index in [1.807, 2.05) is 11.4 Å². The molecule has 154 valence electrons. The lowest BCUT2D eigenvalue weighted by Crippen LogP contribution is -2.14. The molecule has 0 aliphatic heterocycles. The van der Waals surface area contributed by atoms with Gasteiger partial charge in [-0.15, -0.1) is 32.9 Å². The second-order valence-corrected chi connectivity index (χ2v) is 10.9. The van der Waals surface area contributed by atoms with E-state index in [2.05, 4.69) is 39.1 Å². The Kier molecular flexibility index (Phi) is 5.39. The molecule has 0 radical (unpaired) electrons. The molecule has 1 amide bonds. The molecule has 1 atom stereocenters. The van der Waals surface area contributed by atoms with Gasteiger partial charge in [0.05, 0.1) is 16.2 Å². The molecule has 1 unspecified atom stereocenters. The molecule has 5 rings (SSSR count). The summed E-state index contributed by atoms with van der Waals surface area (Å²) in [6.45, 7) is 2.24. The van der Waals surface area contributed by atoms with Gasteiger partial charge in [-0.3, -0.25) is 9.36 Å². The second-order valence-electron chi connectivity index (χ2n) is 7.89. The van der Waals surface area contributed by atoms with Crippen molar-refractivity contribution in [2.45, 2.75) is 50.2 Å². The summed E-state index contributed by atoms with van der Waals surface area (Å²) < 4.78 is 2.18. The van der Waals surface area contributed by atoms with Crippen LogP contribution in [0.15, 0.2) is 22.7 Å². The number of rotatable bonds is 6. The van der Waals surface area contributed by atoms with Crippen molar-refractivity contribution in [3.63, 3.8) is 0 Å². The van der Waals surface area contributed by atoms with Crippen LogP contribution in [0.5, 0.6) is 0 Å². The van der Waals surface area contributed by atoms with Gasteiger partial charge in [-0.2, -0.15) is 5.26 Å². The Morgan fingerprint density at radius 2 is 2.27 bits per heavy atom. The summed E-state index contributed by atoms with van der Waals surface area (Å²) in [5.41, 5.74) is 1.79. The van der Waals surface area contributed by atoms with Gasteiger partial charge in [-0.05, 0) is 55.0 Å². The summed E-state index contributed by atoms with van der Waals surface area (Å²) in [5.74, 6) is 1.67. The van der Waals surface area contributed by atoms with Crippen LogP contribution in [0.2, 0.25) is 0 Å². The molecule has 0 saturated heterocycles. The molecule has 3 aromatic heterocycles. The molecule has 1 saturated carbocycles. The van der Waals surface area contributed by atoms with E-state index in [0.717, 1.165) is 53.5 Å². The number of thioether (sulfide) groups is 1. The van der Waals surface area contributed by atoms with Crippen LogP contribution < -0.4 is 5.32 Å². The van der Waals surface area contributed by atoms with Gasteiger partial charge in [0.1, 0.15) is 11.1 Å². The predicted molar refractivity (Wildman–Crippen MR) is 121 cm³/mol. The molecule has 3 aromatic rings. The zero-order valence-corrected chi connectivity index (χ0v) is 19.0. The van der Waals surface area contributed by atoms with E-state index in [0.29, 0.717) is 22.5 Å². The molecule has 2 aliphatic carbocycles. The van der Waals surface area contributed by atoms with Crippen molar-refractivity contribution >= 4 is 45.3 Å². The molecule has 1 N–H and O–H groups in total. The van der Waals surface area contributed by atoms with Crippen LogP contribution in [0.25, 0.3) is 10.7 Å². The third-order valence-corrected chi connectivity index (χ3v) is 8.51. The highest BCUT2D eigenvalue weighted by molar-refractivity contribution is 7.99. The number of hydrogen-bond acceptors (Lipinski definition) is 7. The first kappa shape index (κ1) is 19.8. The Morgan fingerprint density at radius 3 is 3.00 bits per heavy atom. The van der Waals surface area contributed by atoms with Crippen LogP contribution in [0.3, 0.4) is 0 Å². The molecule has 6 nitrogen and oxygen atoms in total. The number of aromatic nitrogens is 3. The van der Waals surface area contributed by atoms with Crippen molar-refractivity contribution in [1.29, 1.82) is 5.26 Å². The van der Waals surface area contributed by atoms with Crippen LogP contribution >= 0.6 is 34.4 Å². The van der Waals surface area contributed by atoms with E-state index in [1.165, 1.54) is 16.6 Å². The van der Waals surface area contributed by atoms with E-state index < -0.39 is 0 Å². The quantitative estimate of drug-likeness (QED) is 0.521. The Hall–Kier alpha value is -2.15. The minimum Gasteiger partial charge on any atom is -0.316 e. The number of nitrogens with one attached hydrogen (secondary N) is 1. The van der Waals surface area contributed by atoms with E-state index >= 15 is 0 Å². The summed E-state index contributed by atoms with van der Waals surface area (Å²) in [7, 11) is 0. The highest BCUT2D eigenvalue weighted by Gasteiger charge is 2.31. The van der Waals surface area contributed by atoms with Gasteiger partial charge in [-0.1, -0.05) is 24.8 Å². The van der Waals surface area contributed by atoms with Gasteiger partial charge in [0.15, 0.2) is 11.0 Å². The monoisotopic (exact) mass is 455 g/mol. The van der Waals surface area contributed by atoms with Gasteiger partial charge in [-0.25, -0.2) is 0 Å². The standard InChI is InChI=1S/C21H21N5OS3/c1-12-4-7-14-15(10-22)20(30-17(14)9-12)23-18(27)11-29-21-25-24-19(16-3-2-8-28-16)26(21)13-5-6-13/h2-3,8,12-13H,4-7,9,11H2,1H3,(H,23,27). The fraction of sp³-hybridized carbons (Fsp3) is 0.429. The number of nitriles is 1. The van der Waals surface area contributed by atoms with Crippen molar-refractivity contribution in [2.24, 2.45) is 5.92 Å². The maximum Gasteiger partial charge on any atom is 0.235 e. The Labute approximate surface area is 187 Å². The summed E-state index contributed by atoms with van der Waals surface area (Å²) in [6.07, 6.45) is 5.28. The van der Waals surface area contributed by atoms with Crippen LogP contribution in [-0.2, 0) is 17.6 Å². The minimum absolute atomic E-state index is 0.105. The number of carbonyl (C=O) groups is 1. The number of nitrogens with zero attached hydrogens (tertiary/aromatic N) is 4. The van der Waals surface area contributed by atoms with Crippen molar-refractivity contribution < 1.29 is 4.79 Å². The number of fused-ring (bicyclic) bond motifs is 1. The fourth-order valence-corrected chi connectivity index (χ4v) is 6.75. The normalized spacial score (nSPS) is 18.1. The van der Waals surface area contributed by atoms with Crippen molar-refractivity contribution in [1.82, 2.24) is 14.8 Å². The van der Waals surface area contributed by atoms with Gasteiger partial charge < -0.3 is 5.32 Å². The molecule has 3 heterocycles. The van der Waals surface area contributed by atoms with Crippen LogP contribution in [-0.4, -0.2) is 26.4 Å². The first-order valence-electron chi connectivity index (χ1n) is 10.1. The predicted octanol–water partition coefficient (Wildman–Crippen LogP) is 5.13. The zero-order chi connectivity index (χ0) is 20.7. The fourth-order valence-electron chi connectivity index (χ4n) is 3.86. The molecule has 30 heavy (non-hydrogen) atoms. The smallest absolute Gasteiger partial charge is 0.235 e. The molecule has 2 aliphatic rings. The minimum atomic E-state index is -0.105. The first-order chi connectivity index (χ1) is 14.6. The molecule has 0 aromatic carbocycles. The van der Waals surface area contributed by atoms with E-state index in [4.69, 9.17) is 0 Å². The van der Waals surface area contributed by atoms with E-state index in [1.54, 1.807) is 22.7 Å². The number of anilines is 1. The largest absolute Gasteiger partial charge is 0.316 e. The van der Waals surface area contributed by atoms with Gasteiger partial charge in [0.2, 0.25) is 5.91 Å². The van der Waals surface area contributed by atoms with Crippen LogP contribution in [0.1, 0.15) is 48.2 Å². The molecule has 1 fully saturated rings. The maximum atomic E-state index is 12.7. The highest BCUT2D eigenvalue weighted by atomic mass is 32.2. The summed E-state index contributed by atoms with van der Waals surface area (Å²) in [6, 6.07) is 6.81. The van der Waals surface area contributed by atoms with Crippen molar-refractivity contribution in [2.75, 3.05) is 11.1 Å². The van der Waals surface area contributed by atoms with E-state index in [9.17, 15) is 10.1 Å². The molecule has 0 bridgehead atoms. The topological polar surface area (TPSA) is 83.6 Å². The van der Waals surface area contributed by atoms with Crippen LogP contribution in [0, 0.1) is 17.2 Å². The number of carbonyl (C=O) groups excluding carboxylic acids is 1. The van der Waals surface area contributed by atoms with Gasteiger partial charge in [0, 0.05) is 10.9 Å². The SMILES string of the molecule is CC1CCc2c(sc(NC(=O)CSc3nnc(-c4cccs4)n3C3CC3)c2C#N)C1. The zero-order valence-electron chi connectivity index (χ0n) is 16.6. The Morgan fingerprint density at radius 1 is 1.40 bits per heavy atom. The van der Waals surface area contributed by atoms with Crippen LogP contribution in [0.4, 0.5) is 5.00 Å². The number of thiophene rings is 2. The van der Waals surface area contributed by atoms with Gasteiger partial charge >= 0.3 is 0 Å². The van der Waals surface area contributed by atoms with Crippen molar-refractivity contribution in [3.8, 4) is 16.8 Å². The van der Waals surface area contributed by atoms with E-state index in [-0.39, 0.29) is 11.7 Å². The van der Waals surface area contributed by atoms with Gasteiger partial charge in [0.25, 0.3) is 0 Å². The Balaban J connectivity index is 1.30. The third-order valence-electron chi connectivity index (χ3n) is 5.53.